The highest BCUT2D eigenvalue weighted by molar-refractivity contribution is 6.36. The first-order valence-corrected chi connectivity index (χ1v) is 8.67. The standard InChI is InChI=1S/C17H24Cl2N2O2.ClH/c1-12(15-13(18)4-3-5-14(15)19)10-21-16(22)17(11-23-2)6-8-20-9-7-17;/h3-5,12,20H,6-11H2,1-2H3,(H,21,22);1H. The summed E-state index contributed by atoms with van der Waals surface area (Å²) in [4.78, 5) is 12.7. The monoisotopic (exact) mass is 394 g/mol. The van der Waals surface area contributed by atoms with Crippen LogP contribution in [0.25, 0.3) is 0 Å². The van der Waals surface area contributed by atoms with E-state index in [2.05, 4.69) is 10.6 Å². The molecular formula is C17H25Cl3N2O2. The van der Waals surface area contributed by atoms with E-state index in [1.54, 1.807) is 7.11 Å². The van der Waals surface area contributed by atoms with E-state index in [0.717, 1.165) is 31.5 Å². The Balaban J connectivity index is 0.00000288. The zero-order chi connectivity index (χ0) is 16.9. The first-order valence-electron chi connectivity index (χ1n) is 7.92. The molecular weight excluding hydrogens is 371 g/mol. The van der Waals surface area contributed by atoms with Crippen molar-refractivity contribution in [1.82, 2.24) is 10.6 Å². The Kier molecular flexibility index (Phi) is 8.82. The van der Waals surface area contributed by atoms with Crippen molar-refractivity contribution in [3.63, 3.8) is 0 Å². The summed E-state index contributed by atoms with van der Waals surface area (Å²) in [6, 6.07) is 5.46. The SMILES string of the molecule is COCC1(C(=O)NCC(C)c2c(Cl)cccc2Cl)CCNCC1.Cl. The second-order valence-corrected chi connectivity index (χ2v) is 7.02. The number of amides is 1. The second-order valence-electron chi connectivity index (χ2n) is 6.21. The van der Waals surface area contributed by atoms with E-state index in [1.165, 1.54) is 0 Å². The van der Waals surface area contributed by atoms with Crippen molar-refractivity contribution in [2.45, 2.75) is 25.7 Å². The van der Waals surface area contributed by atoms with Crippen LogP contribution in [0.2, 0.25) is 10.0 Å². The molecule has 1 unspecified atom stereocenters. The number of piperidine rings is 1. The maximum Gasteiger partial charge on any atom is 0.228 e. The van der Waals surface area contributed by atoms with Crippen LogP contribution in [0.4, 0.5) is 0 Å². The first-order chi connectivity index (χ1) is 11.0. The molecule has 1 aromatic rings. The summed E-state index contributed by atoms with van der Waals surface area (Å²) in [6.45, 7) is 4.63. The Labute approximate surface area is 160 Å². The Hall–Kier alpha value is -0.520. The number of hydrogen-bond acceptors (Lipinski definition) is 3. The summed E-state index contributed by atoms with van der Waals surface area (Å²) in [6.07, 6.45) is 1.57. The molecule has 1 atom stereocenters. The quantitative estimate of drug-likeness (QED) is 0.773. The molecule has 2 rings (SSSR count). The Morgan fingerprint density at radius 1 is 1.33 bits per heavy atom. The van der Waals surface area contributed by atoms with Gasteiger partial charge in [-0.05, 0) is 43.6 Å². The highest BCUT2D eigenvalue weighted by atomic mass is 35.5. The van der Waals surface area contributed by atoms with Crippen LogP contribution in [0.3, 0.4) is 0 Å². The molecule has 0 bridgehead atoms. The van der Waals surface area contributed by atoms with Crippen LogP contribution >= 0.6 is 35.6 Å². The number of carbonyl (C=O) groups is 1. The molecule has 136 valence electrons. The molecule has 0 spiro atoms. The minimum Gasteiger partial charge on any atom is -0.384 e. The average molecular weight is 396 g/mol. The molecule has 1 aliphatic heterocycles. The van der Waals surface area contributed by atoms with Crippen molar-refractivity contribution in [3.05, 3.63) is 33.8 Å². The van der Waals surface area contributed by atoms with Gasteiger partial charge in [0.05, 0.1) is 12.0 Å². The van der Waals surface area contributed by atoms with E-state index >= 15 is 0 Å². The third kappa shape index (κ3) is 4.99. The van der Waals surface area contributed by atoms with E-state index in [4.69, 9.17) is 27.9 Å². The predicted molar refractivity (Wildman–Crippen MR) is 102 cm³/mol. The van der Waals surface area contributed by atoms with Crippen LogP contribution < -0.4 is 10.6 Å². The van der Waals surface area contributed by atoms with E-state index in [-0.39, 0.29) is 24.2 Å². The number of ether oxygens (including phenoxy) is 1. The van der Waals surface area contributed by atoms with Gasteiger partial charge in [-0.3, -0.25) is 4.79 Å². The van der Waals surface area contributed by atoms with Crippen LogP contribution in [-0.2, 0) is 9.53 Å². The molecule has 7 heteroatoms. The predicted octanol–water partition coefficient (Wildman–Crippen LogP) is 3.65. The summed E-state index contributed by atoms with van der Waals surface area (Å²) in [5.74, 6) is 0.0948. The molecule has 24 heavy (non-hydrogen) atoms. The van der Waals surface area contributed by atoms with Gasteiger partial charge in [0.2, 0.25) is 5.91 Å². The van der Waals surface area contributed by atoms with Crippen LogP contribution in [0.1, 0.15) is 31.2 Å². The molecule has 4 nitrogen and oxygen atoms in total. The number of methoxy groups -OCH3 is 1. The molecule has 1 amide bonds. The summed E-state index contributed by atoms with van der Waals surface area (Å²) in [5, 5.41) is 7.62. The van der Waals surface area contributed by atoms with Crippen molar-refractivity contribution in [1.29, 1.82) is 0 Å². The summed E-state index contributed by atoms with van der Waals surface area (Å²) in [5.41, 5.74) is 0.437. The van der Waals surface area contributed by atoms with E-state index in [1.807, 2.05) is 25.1 Å². The molecule has 1 saturated heterocycles. The number of benzene rings is 1. The average Bonchev–Trinajstić information content (AvgIpc) is 2.53. The lowest BCUT2D eigenvalue weighted by atomic mass is 9.78. The third-order valence-electron chi connectivity index (χ3n) is 4.52. The molecule has 2 N–H and O–H groups in total. The maximum absolute atomic E-state index is 12.7. The summed E-state index contributed by atoms with van der Waals surface area (Å²) >= 11 is 12.5. The first kappa shape index (κ1) is 21.5. The summed E-state index contributed by atoms with van der Waals surface area (Å²) < 4.78 is 5.30. The van der Waals surface area contributed by atoms with E-state index < -0.39 is 5.41 Å². The van der Waals surface area contributed by atoms with Gasteiger partial charge in [0.15, 0.2) is 0 Å². The van der Waals surface area contributed by atoms with Gasteiger partial charge in [-0.15, -0.1) is 12.4 Å². The fraction of sp³-hybridized carbons (Fsp3) is 0.588. The fourth-order valence-corrected chi connectivity index (χ4v) is 3.91. The van der Waals surface area contributed by atoms with Gasteiger partial charge in [-0.25, -0.2) is 0 Å². The third-order valence-corrected chi connectivity index (χ3v) is 5.18. The minimum absolute atomic E-state index is 0. The van der Waals surface area contributed by atoms with Crippen molar-refractivity contribution in [3.8, 4) is 0 Å². The Morgan fingerprint density at radius 2 is 1.92 bits per heavy atom. The zero-order valence-corrected chi connectivity index (χ0v) is 16.4. The van der Waals surface area contributed by atoms with Gasteiger partial charge in [-0.2, -0.15) is 0 Å². The molecule has 1 aliphatic rings. The lowest BCUT2D eigenvalue weighted by Crippen LogP contribution is -2.50. The van der Waals surface area contributed by atoms with Crippen LogP contribution in [-0.4, -0.2) is 39.3 Å². The van der Waals surface area contributed by atoms with Crippen LogP contribution in [0.5, 0.6) is 0 Å². The van der Waals surface area contributed by atoms with Gasteiger partial charge < -0.3 is 15.4 Å². The van der Waals surface area contributed by atoms with Crippen molar-refractivity contribution < 1.29 is 9.53 Å². The Bertz CT molecular complexity index is 523. The lowest BCUT2D eigenvalue weighted by Gasteiger charge is -2.35. The second kappa shape index (κ2) is 9.83. The fourth-order valence-electron chi connectivity index (χ4n) is 3.14. The van der Waals surface area contributed by atoms with Gasteiger partial charge >= 0.3 is 0 Å². The largest absolute Gasteiger partial charge is 0.384 e. The van der Waals surface area contributed by atoms with Crippen LogP contribution in [0, 0.1) is 5.41 Å². The van der Waals surface area contributed by atoms with Crippen LogP contribution in [0.15, 0.2) is 18.2 Å². The molecule has 0 radical (unpaired) electrons. The topological polar surface area (TPSA) is 50.4 Å². The maximum atomic E-state index is 12.7. The highest BCUT2D eigenvalue weighted by Gasteiger charge is 2.39. The Morgan fingerprint density at radius 3 is 2.46 bits per heavy atom. The highest BCUT2D eigenvalue weighted by Crippen LogP contribution is 2.32. The van der Waals surface area contributed by atoms with Crippen molar-refractivity contribution in [2.24, 2.45) is 5.41 Å². The smallest absolute Gasteiger partial charge is 0.228 e. The van der Waals surface area contributed by atoms with Gasteiger partial charge in [0, 0.05) is 29.6 Å². The van der Waals surface area contributed by atoms with Gasteiger partial charge in [0.1, 0.15) is 0 Å². The number of halogens is 3. The molecule has 1 fully saturated rings. The van der Waals surface area contributed by atoms with E-state index in [9.17, 15) is 4.79 Å². The number of carbonyl (C=O) groups excluding carboxylic acids is 1. The van der Waals surface area contributed by atoms with Gasteiger partial charge in [0.25, 0.3) is 0 Å². The minimum atomic E-state index is -0.440. The zero-order valence-electron chi connectivity index (χ0n) is 14.0. The molecule has 1 heterocycles. The summed E-state index contributed by atoms with van der Waals surface area (Å²) in [7, 11) is 1.64. The molecule has 0 aliphatic carbocycles. The normalized spacial score (nSPS) is 17.7. The molecule has 1 aromatic carbocycles. The number of nitrogens with one attached hydrogen (secondary N) is 2. The van der Waals surface area contributed by atoms with Gasteiger partial charge in [-0.1, -0.05) is 36.2 Å². The number of hydrogen-bond donors (Lipinski definition) is 2. The lowest BCUT2D eigenvalue weighted by molar-refractivity contribution is -0.136. The van der Waals surface area contributed by atoms with Crippen molar-refractivity contribution in [2.75, 3.05) is 33.4 Å². The number of rotatable bonds is 6. The van der Waals surface area contributed by atoms with Crippen molar-refractivity contribution >= 4 is 41.5 Å². The molecule has 0 aromatic heterocycles. The van der Waals surface area contributed by atoms with E-state index in [0.29, 0.717) is 23.2 Å². The molecule has 0 saturated carbocycles.